The van der Waals surface area contributed by atoms with Crippen LogP contribution in [0.15, 0.2) is 60.7 Å². The Labute approximate surface area is 337 Å². The van der Waals surface area contributed by atoms with E-state index in [0.717, 1.165) is 0 Å². The molecule has 7 atom stereocenters. The summed E-state index contributed by atoms with van der Waals surface area (Å²) in [5.41, 5.74) is -1.43. The second-order valence-electron chi connectivity index (χ2n) is 17.0. The number of fused-ring (bicyclic) bond motifs is 1. The molecule has 1 fully saturated rings. The highest BCUT2D eigenvalue weighted by molar-refractivity contribution is 5.93. The maximum absolute atomic E-state index is 14.5. The average Bonchev–Trinajstić information content (AvgIpc) is 3.48. The zero-order valence-corrected chi connectivity index (χ0v) is 34.3. The Kier molecular flexibility index (Phi) is 14.6. The van der Waals surface area contributed by atoms with Crippen LogP contribution in [-0.4, -0.2) is 116 Å². The molecule has 58 heavy (non-hydrogen) atoms. The quantitative estimate of drug-likeness (QED) is 0.120. The Hall–Kier alpha value is -5.23. The third kappa shape index (κ3) is 12.9. The number of hydrogen-bond donors (Lipinski definition) is 6. The molecule has 0 saturated carbocycles. The third-order valence-electron chi connectivity index (χ3n) is 8.48. The number of esters is 1. The van der Waals surface area contributed by atoms with Crippen molar-refractivity contribution in [1.29, 1.82) is 0 Å². The fourth-order valence-electron chi connectivity index (χ4n) is 6.03. The van der Waals surface area contributed by atoms with Gasteiger partial charge in [-0.05, 0) is 80.0 Å². The summed E-state index contributed by atoms with van der Waals surface area (Å²) in [7, 11) is 0. The number of rotatable bonds is 11. The van der Waals surface area contributed by atoms with Crippen molar-refractivity contribution in [2.24, 2.45) is 0 Å². The van der Waals surface area contributed by atoms with Crippen LogP contribution in [0.25, 0.3) is 10.9 Å². The van der Waals surface area contributed by atoms with Gasteiger partial charge in [-0.25, -0.2) is 23.7 Å². The summed E-state index contributed by atoms with van der Waals surface area (Å²) in [4.78, 5) is 67.7. The van der Waals surface area contributed by atoms with Gasteiger partial charge < -0.3 is 55.0 Å². The zero-order valence-electron chi connectivity index (χ0n) is 34.3. The van der Waals surface area contributed by atoms with Crippen molar-refractivity contribution >= 4 is 41.1 Å². The number of ether oxygens (including phenoxy) is 5. The van der Waals surface area contributed by atoms with Crippen molar-refractivity contribution in [2.45, 2.75) is 135 Å². The summed E-state index contributed by atoms with van der Waals surface area (Å²) in [6, 6.07) is 13.9. The standard InChI is InChI=1S/C41H56N4O13/c1-39(2,3)56-36(51)42-21-28-30(46)31(47)32(48)33(55-28)29(44-37(52)57-40(4,5)6)34(49)43-26(35(50)54-22-23-15-11-10-12-16-23)20-25-19-24-17-13-14-18-27(24)45(25)38(53)58-41(7,8)9/h10-19,26,28-33,46-48H,20-22H2,1-9H3,(H,42,51)(H,43,49)(H,44,52)/t26-,28?,29+,30-,31-,32-,33-/m0/s1. The molecule has 1 saturated heterocycles. The SMILES string of the molecule is CC(C)(C)OC(=O)NCC1O[C@@H]([C@@H](NC(=O)OC(C)(C)C)C(=O)N[C@@H](Cc2cc3ccccc3n2C(=O)OC(C)(C)C)C(=O)OCc2ccccc2)[C@@H](O)[C@@H](O)[C@H]1O. The zero-order chi connectivity index (χ0) is 43.2. The molecule has 0 spiro atoms. The smallest absolute Gasteiger partial charge is 0.419 e. The van der Waals surface area contributed by atoms with Crippen LogP contribution in [0.1, 0.15) is 73.6 Å². The summed E-state index contributed by atoms with van der Waals surface area (Å²) in [5, 5.41) is 41.0. The van der Waals surface area contributed by atoms with E-state index in [2.05, 4.69) is 16.0 Å². The largest absolute Gasteiger partial charge is 0.459 e. The van der Waals surface area contributed by atoms with Gasteiger partial charge in [-0.2, -0.15) is 0 Å². The summed E-state index contributed by atoms with van der Waals surface area (Å²) in [6.07, 6.45) is -12.0. The highest BCUT2D eigenvalue weighted by Crippen LogP contribution is 2.26. The predicted molar refractivity (Wildman–Crippen MR) is 210 cm³/mol. The highest BCUT2D eigenvalue weighted by Gasteiger charge is 2.50. The van der Waals surface area contributed by atoms with E-state index in [9.17, 15) is 39.3 Å². The van der Waals surface area contributed by atoms with Gasteiger partial charge in [0.25, 0.3) is 0 Å². The monoisotopic (exact) mass is 812 g/mol. The van der Waals surface area contributed by atoms with E-state index in [-0.39, 0.29) is 18.7 Å². The lowest BCUT2D eigenvalue weighted by Crippen LogP contribution is -2.68. The van der Waals surface area contributed by atoms with Gasteiger partial charge in [0.15, 0.2) is 0 Å². The first-order valence-electron chi connectivity index (χ1n) is 18.9. The van der Waals surface area contributed by atoms with E-state index in [1.54, 1.807) is 123 Å². The van der Waals surface area contributed by atoms with E-state index >= 15 is 0 Å². The fourth-order valence-corrected chi connectivity index (χ4v) is 6.03. The number of aliphatic hydroxyl groups excluding tert-OH is 3. The second kappa shape index (κ2) is 18.6. The fraction of sp³-hybridized carbons (Fsp3) is 0.537. The first-order chi connectivity index (χ1) is 26.9. The number of aliphatic hydroxyl groups is 3. The first-order valence-corrected chi connectivity index (χ1v) is 18.9. The number of amides is 3. The van der Waals surface area contributed by atoms with Crippen molar-refractivity contribution in [1.82, 2.24) is 20.5 Å². The van der Waals surface area contributed by atoms with Crippen molar-refractivity contribution in [2.75, 3.05) is 6.54 Å². The molecule has 17 nitrogen and oxygen atoms in total. The van der Waals surface area contributed by atoms with Crippen molar-refractivity contribution < 1.29 is 63.0 Å². The lowest BCUT2D eigenvalue weighted by molar-refractivity contribution is -0.226. The molecule has 2 aromatic carbocycles. The molecule has 6 N–H and O–H groups in total. The predicted octanol–water partition coefficient (Wildman–Crippen LogP) is 3.46. The number of nitrogens with zero attached hydrogens (tertiary/aromatic N) is 1. The molecule has 17 heteroatoms. The number of para-hydroxylation sites is 1. The molecule has 0 aliphatic carbocycles. The molecule has 1 aromatic heterocycles. The molecule has 318 valence electrons. The van der Waals surface area contributed by atoms with Crippen LogP contribution >= 0.6 is 0 Å². The van der Waals surface area contributed by atoms with Crippen molar-refractivity contribution in [3.05, 3.63) is 71.9 Å². The van der Waals surface area contributed by atoms with E-state index in [4.69, 9.17) is 23.7 Å². The number of carbonyl (C=O) groups excluding carboxylic acids is 5. The number of carbonyl (C=O) groups is 5. The van der Waals surface area contributed by atoms with Gasteiger partial charge in [0.1, 0.15) is 66.0 Å². The van der Waals surface area contributed by atoms with Crippen molar-refractivity contribution in [3.63, 3.8) is 0 Å². The number of hydrogen-bond acceptors (Lipinski definition) is 13. The highest BCUT2D eigenvalue weighted by atomic mass is 16.6. The molecule has 3 amide bonds. The molecule has 2 heterocycles. The van der Waals surface area contributed by atoms with Crippen LogP contribution in [-0.2, 0) is 46.3 Å². The number of benzene rings is 2. The molecule has 0 bridgehead atoms. The van der Waals surface area contributed by atoms with E-state index < -0.39 is 96.1 Å². The van der Waals surface area contributed by atoms with Crippen LogP contribution in [0.5, 0.6) is 0 Å². The van der Waals surface area contributed by atoms with Gasteiger partial charge >= 0.3 is 24.2 Å². The van der Waals surface area contributed by atoms with Crippen LogP contribution in [0.4, 0.5) is 14.4 Å². The van der Waals surface area contributed by atoms with E-state index in [0.29, 0.717) is 16.5 Å². The lowest BCUT2D eigenvalue weighted by atomic mass is 9.90. The van der Waals surface area contributed by atoms with E-state index in [1.165, 1.54) is 4.57 Å². The summed E-state index contributed by atoms with van der Waals surface area (Å²) < 4.78 is 29.2. The second-order valence-corrected chi connectivity index (χ2v) is 17.0. The number of aromatic nitrogens is 1. The van der Waals surface area contributed by atoms with Crippen molar-refractivity contribution in [3.8, 4) is 0 Å². The first kappa shape index (κ1) is 45.5. The Balaban J connectivity index is 1.72. The molecule has 1 unspecified atom stereocenters. The van der Waals surface area contributed by atoms with Gasteiger partial charge in [-0.1, -0.05) is 48.5 Å². The average molecular weight is 813 g/mol. The topological polar surface area (TPSA) is 233 Å². The maximum Gasteiger partial charge on any atom is 0.419 e. The molecular formula is C41H56N4O13. The minimum atomic E-state index is -1.99. The van der Waals surface area contributed by atoms with Crippen LogP contribution in [0.2, 0.25) is 0 Å². The Bertz CT molecular complexity index is 1910. The molecule has 4 rings (SSSR count). The minimum Gasteiger partial charge on any atom is -0.459 e. The van der Waals surface area contributed by atoms with E-state index in [1.807, 2.05) is 0 Å². The van der Waals surface area contributed by atoms with Crippen LogP contribution in [0.3, 0.4) is 0 Å². The summed E-state index contributed by atoms with van der Waals surface area (Å²) >= 11 is 0. The normalized spacial score (nSPS) is 20.9. The third-order valence-corrected chi connectivity index (χ3v) is 8.48. The molecule has 3 aromatic rings. The van der Waals surface area contributed by atoms with Crippen LogP contribution in [0, 0.1) is 0 Å². The Morgan fingerprint density at radius 2 is 1.33 bits per heavy atom. The van der Waals surface area contributed by atoms with Crippen LogP contribution < -0.4 is 16.0 Å². The minimum absolute atomic E-state index is 0.179. The Morgan fingerprint density at radius 3 is 1.95 bits per heavy atom. The molecular weight excluding hydrogens is 756 g/mol. The molecule has 1 aliphatic rings. The van der Waals surface area contributed by atoms with Gasteiger partial charge in [-0.15, -0.1) is 0 Å². The number of alkyl carbamates (subject to hydrolysis) is 2. The Morgan fingerprint density at radius 1 is 0.741 bits per heavy atom. The van der Waals surface area contributed by atoms with Gasteiger partial charge in [0.05, 0.1) is 5.52 Å². The van der Waals surface area contributed by atoms with Gasteiger partial charge in [0.2, 0.25) is 5.91 Å². The number of nitrogens with one attached hydrogen (secondary N) is 3. The lowest BCUT2D eigenvalue weighted by Gasteiger charge is -2.43. The van der Waals surface area contributed by atoms with Gasteiger partial charge in [0, 0.05) is 24.0 Å². The van der Waals surface area contributed by atoms with Gasteiger partial charge in [-0.3, -0.25) is 4.79 Å². The summed E-state index contributed by atoms with van der Waals surface area (Å²) in [5.74, 6) is -2.02. The maximum atomic E-state index is 14.5. The molecule has 1 aliphatic heterocycles. The summed E-state index contributed by atoms with van der Waals surface area (Å²) in [6.45, 7) is 14.1. The molecule has 0 radical (unpaired) electrons.